The van der Waals surface area contributed by atoms with Crippen molar-refractivity contribution in [3.05, 3.63) is 12.3 Å². The molecule has 0 aromatic carbocycles. The molecule has 20 heavy (non-hydrogen) atoms. The summed E-state index contributed by atoms with van der Waals surface area (Å²) < 4.78 is 21.4. The van der Waals surface area contributed by atoms with Crippen molar-refractivity contribution in [3.8, 4) is 0 Å². The molecule has 0 spiro atoms. The highest BCUT2D eigenvalue weighted by Crippen LogP contribution is 2.31. The molecule has 114 valence electrons. The summed E-state index contributed by atoms with van der Waals surface area (Å²) in [7, 11) is 0. The summed E-state index contributed by atoms with van der Waals surface area (Å²) >= 11 is 0. The second-order valence-electron chi connectivity index (χ2n) is 4.93. The molecule has 6 nitrogen and oxygen atoms in total. The summed E-state index contributed by atoms with van der Waals surface area (Å²) in [5.41, 5.74) is 0. The van der Waals surface area contributed by atoms with E-state index >= 15 is 0 Å². The van der Waals surface area contributed by atoms with Gasteiger partial charge in [0.05, 0.1) is 17.8 Å². The Balaban J connectivity index is 2.73. The maximum Gasteiger partial charge on any atom is 0.302 e. The SMILES string of the molecule is C=C(C)O[C@@H]1[C@H](COC(C)=O)[C@@H](COC(C)=O)O[C@H]1C. The van der Waals surface area contributed by atoms with Gasteiger partial charge in [0.15, 0.2) is 0 Å². The molecule has 0 bridgehead atoms. The molecule has 0 N–H and O–H groups in total. The smallest absolute Gasteiger partial charge is 0.302 e. The van der Waals surface area contributed by atoms with E-state index in [-0.39, 0.29) is 49.4 Å². The number of esters is 2. The largest absolute Gasteiger partial charge is 0.492 e. The highest BCUT2D eigenvalue weighted by atomic mass is 16.6. The Morgan fingerprint density at radius 2 is 1.65 bits per heavy atom. The van der Waals surface area contributed by atoms with Crippen molar-refractivity contribution < 1.29 is 28.5 Å². The van der Waals surface area contributed by atoms with E-state index in [9.17, 15) is 9.59 Å². The van der Waals surface area contributed by atoms with Gasteiger partial charge in [-0.15, -0.1) is 0 Å². The Hall–Kier alpha value is -1.56. The number of rotatable bonds is 6. The number of carbonyl (C=O) groups excluding carboxylic acids is 2. The van der Waals surface area contributed by atoms with E-state index in [4.69, 9.17) is 18.9 Å². The molecular weight excluding hydrogens is 264 g/mol. The van der Waals surface area contributed by atoms with Crippen LogP contribution in [0.1, 0.15) is 27.7 Å². The van der Waals surface area contributed by atoms with Crippen LogP contribution < -0.4 is 0 Å². The third kappa shape index (κ3) is 4.85. The molecular formula is C14H22O6. The first-order valence-electron chi connectivity index (χ1n) is 6.55. The summed E-state index contributed by atoms with van der Waals surface area (Å²) in [4.78, 5) is 21.9. The van der Waals surface area contributed by atoms with Crippen molar-refractivity contribution in [1.29, 1.82) is 0 Å². The number of hydrogen-bond acceptors (Lipinski definition) is 6. The van der Waals surface area contributed by atoms with E-state index in [0.29, 0.717) is 5.76 Å². The van der Waals surface area contributed by atoms with Gasteiger partial charge in [-0.05, 0) is 13.8 Å². The van der Waals surface area contributed by atoms with Gasteiger partial charge < -0.3 is 18.9 Å². The van der Waals surface area contributed by atoms with Gasteiger partial charge in [-0.2, -0.15) is 0 Å². The van der Waals surface area contributed by atoms with Crippen LogP contribution in [0.2, 0.25) is 0 Å². The molecule has 0 radical (unpaired) electrons. The Morgan fingerprint density at radius 1 is 1.10 bits per heavy atom. The highest BCUT2D eigenvalue weighted by Gasteiger charge is 2.45. The number of ether oxygens (including phenoxy) is 4. The van der Waals surface area contributed by atoms with E-state index in [0.717, 1.165) is 0 Å². The van der Waals surface area contributed by atoms with Crippen molar-refractivity contribution in [2.24, 2.45) is 5.92 Å². The van der Waals surface area contributed by atoms with Gasteiger partial charge in [0.1, 0.15) is 25.4 Å². The molecule has 1 aliphatic rings. The average molecular weight is 286 g/mol. The number of hydrogen-bond donors (Lipinski definition) is 0. The van der Waals surface area contributed by atoms with Crippen molar-refractivity contribution in [3.63, 3.8) is 0 Å². The normalized spacial score (nSPS) is 28.8. The van der Waals surface area contributed by atoms with Gasteiger partial charge in [-0.3, -0.25) is 9.59 Å². The van der Waals surface area contributed by atoms with E-state index in [1.807, 2.05) is 6.92 Å². The first-order valence-corrected chi connectivity index (χ1v) is 6.55. The van der Waals surface area contributed by atoms with Gasteiger partial charge in [0.25, 0.3) is 0 Å². The zero-order valence-electron chi connectivity index (χ0n) is 12.4. The molecule has 1 heterocycles. The number of carbonyl (C=O) groups is 2. The van der Waals surface area contributed by atoms with Crippen LogP contribution in [-0.2, 0) is 28.5 Å². The Morgan fingerprint density at radius 3 is 2.15 bits per heavy atom. The van der Waals surface area contributed by atoms with Gasteiger partial charge >= 0.3 is 11.9 Å². The fourth-order valence-corrected chi connectivity index (χ4v) is 2.21. The third-order valence-electron chi connectivity index (χ3n) is 3.02. The van der Waals surface area contributed by atoms with Crippen molar-refractivity contribution in [2.45, 2.75) is 46.0 Å². The molecule has 0 unspecified atom stereocenters. The third-order valence-corrected chi connectivity index (χ3v) is 3.02. The molecule has 6 heteroatoms. The first kappa shape index (κ1) is 16.5. The predicted molar refractivity (Wildman–Crippen MR) is 70.8 cm³/mol. The zero-order valence-corrected chi connectivity index (χ0v) is 12.4. The summed E-state index contributed by atoms with van der Waals surface area (Å²) in [5.74, 6) is -0.391. The van der Waals surface area contributed by atoms with E-state index in [1.165, 1.54) is 13.8 Å². The van der Waals surface area contributed by atoms with Crippen LogP contribution in [0.5, 0.6) is 0 Å². The summed E-state index contributed by atoms with van der Waals surface area (Å²) in [6, 6.07) is 0. The van der Waals surface area contributed by atoms with Crippen LogP contribution >= 0.6 is 0 Å². The van der Waals surface area contributed by atoms with Gasteiger partial charge in [0.2, 0.25) is 0 Å². The lowest BCUT2D eigenvalue weighted by atomic mass is 9.97. The zero-order chi connectivity index (χ0) is 15.3. The fraction of sp³-hybridized carbons (Fsp3) is 0.714. The molecule has 1 aliphatic heterocycles. The van der Waals surface area contributed by atoms with Crippen LogP contribution in [0.3, 0.4) is 0 Å². The first-order chi connectivity index (χ1) is 9.31. The van der Waals surface area contributed by atoms with E-state index in [1.54, 1.807) is 6.92 Å². The lowest BCUT2D eigenvalue weighted by molar-refractivity contribution is -0.149. The van der Waals surface area contributed by atoms with Gasteiger partial charge in [-0.1, -0.05) is 6.58 Å². The van der Waals surface area contributed by atoms with E-state index < -0.39 is 0 Å². The summed E-state index contributed by atoms with van der Waals surface area (Å²) in [5, 5.41) is 0. The molecule has 0 aromatic rings. The predicted octanol–water partition coefficient (Wildman–Crippen LogP) is 1.43. The van der Waals surface area contributed by atoms with Crippen LogP contribution in [-0.4, -0.2) is 43.5 Å². The average Bonchev–Trinajstić information content (AvgIpc) is 2.60. The topological polar surface area (TPSA) is 71.1 Å². The van der Waals surface area contributed by atoms with Crippen molar-refractivity contribution in [1.82, 2.24) is 0 Å². The molecule has 0 aliphatic carbocycles. The molecule has 1 saturated heterocycles. The highest BCUT2D eigenvalue weighted by molar-refractivity contribution is 5.66. The quantitative estimate of drug-likeness (QED) is 0.543. The molecule has 1 fully saturated rings. The standard InChI is InChI=1S/C14H22O6/c1-8(2)19-14-9(3)20-13(7-18-11(5)16)12(14)6-17-10(4)15/h9,12-14H,1,6-7H2,2-5H3/t9-,12+,13+,14-/m0/s1. The molecule has 0 amide bonds. The fourth-order valence-electron chi connectivity index (χ4n) is 2.21. The second-order valence-corrected chi connectivity index (χ2v) is 4.93. The Bertz CT molecular complexity index is 378. The van der Waals surface area contributed by atoms with Crippen LogP contribution in [0, 0.1) is 5.92 Å². The maximum atomic E-state index is 11.0. The Labute approximate surface area is 119 Å². The van der Waals surface area contributed by atoms with Crippen molar-refractivity contribution in [2.75, 3.05) is 13.2 Å². The molecule has 4 atom stereocenters. The maximum absolute atomic E-state index is 11.0. The van der Waals surface area contributed by atoms with Crippen LogP contribution in [0.15, 0.2) is 12.3 Å². The molecule has 0 aromatic heterocycles. The Kier molecular flexibility index (Phi) is 6.01. The van der Waals surface area contributed by atoms with Crippen LogP contribution in [0.25, 0.3) is 0 Å². The summed E-state index contributed by atoms with van der Waals surface area (Å²) in [6.45, 7) is 10.3. The molecule has 1 rings (SSSR count). The summed E-state index contributed by atoms with van der Waals surface area (Å²) in [6.07, 6.45) is -0.849. The minimum atomic E-state index is -0.378. The van der Waals surface area contributed by atoms with Crippen LogP contribution in [0.4, 0.5) is 0 Å². The minimum absolute atomic E-state index is 0.113. The van der Waals surface area contributed by atoms with Gasteiger partial charge in [0, 0.05) is 13.8 Å². The monoisotopic (exact) mass is 286 g/mol. The van der Waals surface area contributed by atoms with E-state index in [2.05, 4.69) is 6.58 Å². The lowest BCUT2D eigenvalue weighted by Gasteiger charge is -2.23. The van der Waals surface area contributed by atoms with Gasteiger partial charge in [-0.25, -0.2) is 0 Å². The van der Waals surface area contributed by atoms with Crippen molar-refractivity contribution >= 4 is 11.9 Å². The second kappa shape index (κ2) is 7.28. The molecule has 0 saturated carbocycles. The number of allylic oxidation sites excluding steroid dienone is 1. The lowest BCUT2D eigenvalue weighted by Crippen LogP contribution is -2.35. The minimum Gasteiger partial charge on any atom is -0.492 e.